The average Bonchev–Trinajstić information content (AvgIpc) is 2.53. The van der Waals surface area contributed by atoms with Crippen LogP contribution in [0.4, 0.5) is 0 Å². The van der Waals surface area contributed by atoms with Gasteiger partial charge in [0.1, 0.15) is 0 Å². The minimum atomic E-state index is -1.12. The van der Waals surface area contributed by atoms with E-state index in [-0.39, 0.29) is 0 Å². The molecular weight excluding hydrogens is 184 g/mol. The molecule has 1 aliphatic rings. The van der Waals surface area contributed by atoms with E-state index in [1.807, 2.05) is 30.3 Å². The van der Waals surface area contributed by atoms with E-state index in [1.54, 1.807) is 6.20 Å². The zero-order valence-corrected chi connectivity index (χ0v) is 7.80. The van der Waals surface area contributed by atoms with Crippen LogP contribution in [-0.4, -0.2) is 4.21 Å². The van der Waals surface area contributed by atoms with Crippen LogP contribution in [0.3, 0.4) is 0 Å². The van der Waals surface area contributed by atoms with Crippen LogP contribution in [0.2, 0.25) is 0 Å². The smallest absolute Gasteiger partial charge is 0.219 e. The van der Waals surface area contributed by atoms with Gasteiger partial charge in [0.2, 0.25) is 11.2 Å². The molecule has 0 bridgehead atoms. The van der Waals surface area contributed by atoms with Crippen LogP contribution >= 0.6 is 0 Å². The van der Waals surface area contributed by atoms with Crippen LogP contribution in [0.1, 0.15) is 5.56 Å². The van der Waals surface area contributed by atoms with E-state index in [0.29, 0.717) is 0 Å². The number of nitrogens with one attached hydrogen (secondary N) is 2. The highest BCUT2D eigenvalue weighted by atomic mass is 32.2. The van der Waals surface area contributed by atoms with Crippen molar-refractivity contribution in [2.24, 2.45) is 0 Å². The van der Waals surface area contributed by atoms with Crippen LogP contribution < -0.4 is 9.44 Å². The second-order valence-corrected chi connectivity index (χ2v) is 3.80. The topological polar surface area (TPSA) is 41.1 Å². The van der Waals surface area contributed by atoms with E-state index in [4.69, 9.17) is 0 Å². The van der Waals surface area contributed by atoms with Crippen molar-refractivity contribution in [1.29, 1.82) is 0 Å². The summed E-state index contributed by atoms with van der Waals surface area (Å²) < 4.78 is 16.4. The van der Waals surface area contributed by atoms with Crippen LogP contribution in [-0.2, 0) is 17.6 Å². The molecule has 1 atom stereocenters. The monoisotopic (exact) mass is 194 g/mol. The van der Waals surface area contributed by atoms with Crippen molar-refractivity contribution in [2.75, 3.05) is 0 Å². The maximum atomic E-state index is 10.9. The van der Waals surface area contributed by atoms with E-state index < -0.39 is 11.2 Å². The third kappa shape index (κ3) is 2.09. The maximum absolute atomic E-state index is 10.9. The number of hydrogen-bond acceptors (Lipinski definition) is 1. The van der Waals surface area contributed by atoms with E-state index in [1.165, 1.54) is 5.56 Å². The zero-order valence-electron chi connectivity index (χ0n) is 6.99. The first-order chi connectivity index (χ1) is 6.34. The molecule has 2 N–H and O–H groups in total. The van der Waals surface area contributed by atoms with E-state index in [0.717, 1.165) is 12.1 Å². The molecule has 1 aromatic rings. The van der Waals surface area contributed by atoms with Gasteiger partial charge in [-0.3, -0.25) is 9.44 Å². The third-order valence-electron chi connectivity index (χ3n) is 1.80. The Morgan fingerprint density at radius 3 is 2.62 bits per heavy atom. The highest BCUT2D eigenvalue weighted by molar-refractivity contribution is 7.81. The fraction of sp³-hybridized carbons (Fsp3) is 0.111. The summed E-state index contributed by atoms with van der Waals surface area (Å²) in [6, 6.07) is 10.1. The molecule has 1 heterocycles. The largest absolute Gasteiger partial charge is 0.293 e. The normalized spacial score (nSPS) is 20.3. The Balaban J connectivity index is 2.04. The highest BCUT2D eigenvalue weighted by Crippen LogP contribution is 2.07. The Hall–Kier alpha value is -1.29. The third-order valence-corrected chi connectivity index (χ3v) is 2.58. The molecule has 0 spiro atoms. The lowest BCUT2D eigenvalue weighted by atomic mass is 10.1. The van der Waals surface area contributed by atoms with Gasteiger partial charge in [-0.25, -0.2) is 4.21 Å². The van der Waals surface area contributed by atoms with Gasteiger partial charge in [0.05, 0.1) is 0 Å². The maximum Gasteiger partial charge on any atom is 0.219 e. The summed E-state index contributed by atoms with van der Waals surface area (Å²) in [5.74, 6) is 0. The molecule has 0 saturated carbocycles. The van der Waals surface area contributed by atoms with Crippen molar-refractivity contribution >= 4 is 11.2 Å². The van der Waals surface area contributed by atoms with Crippen molar-refractivity contribution in [3.63, 3.8) is 0 Å². The lowest BCUT2D eigenvalue weighted by Crippen LogP contribution is -2.17. The molecule has 1 unspecified atom stereocenters. The van der Waals surface area contributed by atoms with Gasteiger partial charge in [-0.05, 0) is 5.56 Å². The van der Waals surface area contributed by atoms with Crippen molar-refractivity contribution in [3.8, 4) is 0 Å². The fourth-order valence-electron chi connectivity index (χ4n) is 1.21. The second kappa shape index (κ2) is 3.62. The summed E-state index contributed by atoms with van der Waals surface area (Å²) >= 11 is -1.12. The number of rotatable bonds is 2. The number of benzene rings is 1. The van der Waals surface area contributed by atoms with Crippen molar-refractivity contribution in [2.45, 2.75) is 6.42 Å². The van der Waals surface area contributed by atoms with Crippen LogP contribution in [0.15, 0.2) is 42.2 Å². The van der Waals surface area contributed by atoms with Gasteiger partial charge in [-0.2, -0.15) is 0 Å². The fourth-order valence-corrected chi connectivity index (χ4v) is 1.88. The van der Waals surface area contributed by atoms with Crippen molar-refractivity contribution in [1.82, 2.24) is 9.44 Å². The Morgan fingerprint density at radius 2 is 2.00 bits per heavy atom. The second-order valence-electron chi connectivity index (χ2n) is 2.82. The Bertz CT molecular complexity index is 348. The van der Waals surface area contributed by atoms with Crippen LogP contribution in [0.5, 0.6) is 0 Å². The predicted molar refractivity (Wildman–Crippen MR) is 52.6 cm³/mol. The summed E-state index contributed by atoms with van der Waals surface area (Å²) in [4.78, 5) is 0. The van der Waals surface area contributed by atoms with Gasteiger partial charge in [0.15, 0.2) is 0 Å². The molecule has 3 nitrogen and oxygen atoms in total. The molecule has 0 aromatic heterocycles. The lowest BCUT2D eigenvalue weighted by Gasteiger charge is -2.00. The van der Waals surface area contributed by atoms with Gasteiger partial charge in [-0.15, -0.1) is 0 Å². The first-order valence-electron chi connectivity index (χ1n) is 4.02. The minimum absolute atomic E-state index is 0.791. The molecule has 13 heavy (non-hydrogen) atoms. The summed E-state index contributed by atoms with van der Waals surface area (Å²) in [5.41, 5.74) is 2.17. The summed E-state index contributed by atoms with van der Waals surface area (Å²) in [7, 11) is 0. The zero-order chi connectivity index (χ0) is 9.10. The van der Waals surface area contributed by atoms with E-state index >= 15 is 0 Å². The quantitative estimate of drug-likeness (QED) is 0.719. The molecule has 0 saturated heterocycles. The highest BCUT2D eigenvalue weighted by Gasteiger charge is 2.08. The summed E-state index contributed by atoms with van der Waals surface area (Å²) in [5, 5.41) is 0. The van der Waals surface area contributed by atoms with Gasteiger partial charge < -0.3 is 0 Å². The molecule has 1 aromatic carbocycles. The molecule has 1 aliphatic heterocycles. The average molecular weight is 194 g/mol. The lowest BCUT2D eigenvalue weighted by molar-refractivity contribution is 0.677. The first-order valence-corrected chi connectivity index (χ1v) is 5.17. The molecule has 0 amide bonds. The molecule has 68 valence electrons. The molecule has 4 heteroatoms. The standard InChI is InChI=1S/C9H10N2OS/c12-13-10-7-9(11-13)6-8-4-2-1-3-5-8/h1-5,7,10-11H,6H2. The summed E-state index contributed by atoms with van der Waals surface area (Å²) in [6.07, 6.45) is 2.54. The molecule has 2 rings (SSSR count). The molecule has 0 fully saturated rings. The molecule has 0 aliphatic carbocycles. The van der Waals surface area contributed by atoms with Gasteiger partial charge in [0.25, 0.3) is 0 Å². The van der Waals surface area contributed by atoms with Gasteiger partial charge in [0, 0.05) is 18.3 Å². The van der Waals surface area contributed by atoms with Crippen LogP contribution in [0.25, 0.3) is 0 Å². The van der Waals surface area contributed by atoms with Crippen molar-refractivity contribution in [3.05, 3.63) is 47.8 Å². The SMILES string of the molecule is O=S1NC=C(Cc2ccccc2)N1. The van der Waals surface area contributed by atoms with Crippen LogP contribution in [0, 0.1) is 0 Å². The Kier molecular flexibility index (Phi) is 2.31. The Morgan fingerprint density at radius 1 is 1.23 bits per heavy atom. The number of allylic oxidation sites excluding steroid dienone is 1. The van der Waals surface area contributed by atoms with Crippen molar-refractivity contribution < 1.29 is 4.21 Å². The minimum Gasteiger partial charge on any atom is -0.293 e. The molecule has 0 radical (unpaired) electrons. The van der Waals surface area contributed by atoms with Gasteiger partial charge >= 0.3 is 0 Å². The Labute approximate surface area is 79.6 Å². The van der Waals surface area contributed by atoms with Gasteiger partial charge in [-0.1, -0.05) is 30.3 Å². The first kappa shape index (κ1) is 8.31. The number of hydrogen-bond donors (Lipinski definition) is 2. The van der Waals surface area contributed by atoms with E-state index in [9.17, 15) is 4.21 Å². The predicted octanol–water partition coefficient (Wildman–Crippen LogP) is 0.842. The molecular formula is C9H10N2OS. The van der Waals surface area contributed by atoms with E-state index in [2.05, 4.69) is 9.44 Å². The summed E-state index contributed by atoms with van der Waals surface area (Å²) in [6.45, 7) is 0.